The second kappa shape index (κ2) is 9.00. The third-order valence-corrected chi connectivity index (χ3v) is 5.39. The predicted octanol–water partition coefficient (Wildman–Crippen LogP) is 4.32. The number of nitrogens with zero attached hydrogens (tertiary/aromatic N) is 1. The van der Waals surface area contributed by atoms with Crippen molar-refractivity contribution >= 4 is 5.91 Å². The molecule has 5 heteroatoms. The van der Waals surface area contributed by atoms with E-state index in [1.807, 2.05) is 17.0 Å². The van der Waals surface area contributed by atoms with Gasteiger partial charge in [-0.05, 0) is 49.4 Å². The Kier molecular flexibility index (Phi) is 6.45. The molecule has 0 aliphatic carbocycles. The van der Waals surface area contributed by atoms with E-state index < -0.39 is 0 Å². The average Bonchev–Trinajstić information content (AvgIpc) is 3.21. The Hall–Kier alpha value is -2.69. The maximum absolute atomic E-state index is 12.9. The van der Waals surface area contributed by atoms with Gasteiger partial charge in [-0.3, -0.25) is 4.79 Å². The summed E-state index contributed by atoms with van der Waals surface area (Å²) < 4.78 is 16.2. The molecule has 1 saturated heterocycles. The molecule has 0 aromatic heterocycles. The highest BCUT2D eigenvalue weighted by Gasteiger charge is 2.29. The van der Waals surface area contributed by atoms with Crippen LogP contribution in [-0.4, -0.2) is 38.7 Å². The van der Waals surface area contributed by atoms with Gasteiger partial charge in [-0.1, -0.05) is 29.8 Å². The lowest BCUT2D eigenvalue weighted by molar-refractivity contribution is -0.132. The van der Waals surface area contributed by atoms with E-state index in [0.29, 0.717) is 30.1 Å². The lowest BCUT2D eigenvalue weighted by Gasteiger charge is -2.25. The van der Waals surface area contributed by atoms with Crippen molar-refractivity contribution in [3.63, 3.8) is 0 Å². The van der Waals surface area contributed by atoms with E-state index in [-0.39, 0.29) is 11.9 Å². The van der Waals surface area contributed by atoms with Gasteiger partial charge in [-0.2, -0.15) is 0 Å². The topological polar surface area (TPSA) is 48.0 Å². The summed E-state index contributed by atoms with van der Waals surface area (Å²) in [6, 6.07) is 12.5. The van der Waals surface area contributed by atoms with Crippen LogP contribution in [0, 0.1) is 6.92 Å². The van der Waals surface area contributed by atoms with E-state index in [1.54, 1.807) is 21.3 Å². The Bertz CT molecular complexity index is 791. The fourth-order valence-electron chi connectivity index (χ4n) is 3.87. The van der Waals surface area contributed by atoms with Crippen molar-refractivity contribution in [1.82, 2.24) is 4.90 Å². The predicted molar refractivity (Wildman–Crippen MR) is 109 cm³/mol. The van der Waals surface area contributed by atoms with Crippen molar-refractivity contribution in [2.75, 3.05) is 27.9 Å². The van der Waals surface area contributed by atoms with Crippen LogP contribution in [0.4, 0.5) is 0 Å². The van der Waals surface area contributed by atoms with Crippen LogP contribution in [0.3, 0.4) is 0 Å². The molecule has 2 aromatic rings. The quantitative estimate of drug-likeness (QED) is 0.715. The van der Waals surface area contributed by atoms with Crippen LogP contribution in [-0.2, 0) is 11.2 Å². The fourth-order valence-corrected chi connectivity index (χ4v) is 3.87. The zero-order valence-corrected chi connectivity index (χ0v) is 17.2. The minimum atomic E-state index is 0.188. The number of aryl methyl sites for hydroxylation is 2. The summed E-state index contributed by atoms with van der Waals surface area (Å²) in [6.45, 7) is 2.91. The first-order valence-corrected chi connectivity index (χ1v) is 9.72. The molecule has 1 unspecified atom stereocenters. The number of methoxy groups -OCH3 is 3. The Morgan fingerprint density at radius 3 is 2.25 bits per heavy atom. The van der Waals surface area contributed by atoms with Crippen molar-refractivity contribution in [3.8, 4) is 17.2 Å². The zero-order valence-electron chi connectivity index (χ0n) is 17.2. The van der Waals surface area contributed by atoms with E-state index in [0.717, 1.165) is 24.9 Å². The van der Waals surface area contributed by atoms with Crippen molar-refractivity contribution in [2.45, 2.75) is 38.6 Å². The minimum Gasteiger partial charge on any atom is -0.493 e. The van der Waals surface area contributed by atoms with Crippen LogP contribution in [0.5, 0.6) is 17.2 Å². The summed E-state index contributed by atoms with van der Waals surface area (Å²) in [5.74, 6) is 1.99. The number of hydrogen-bond acceptors (Lipinski definition) is 4. The number of rotatable bonds is 7. The largest absolute Gasteiger partial charge is 0.493 e. The highest BCUT2D eigenvalue weighted by atomic mass is 16.5. The third-order valence-electron chi connectivity index (χ3n) is 5.39. The van der Waals surface area contributed by atoms with Gasteiger partial charge < -0.3 is 19.1 Å². The fraction of sp³-hybridized carbons (Fsp3) is 0.435. The molecule has 1 amide bonds. The summed E-state index contributed by atoms with van der Waals surface area (Å²) in [4.78, 5) is 15.0. The van der Waals surface area contributed by atoms with Gasteiger partial charge in [0, 0.05) is 13.0 Å². The van der Waals surface area contributed by atoms with Gasteiger partial charge in [0.25, 0.3) is 0 Å². The van der Waals surface area contributed by atoms with Gasteiger partial charge >= 0.3 is 0 Å². The molecular weight excluding hydrogens is 354 g/mol. The van der Waals surface area contributed by atoms with Crippen LogP contribution < -0.4 is 14.2 Å². The second-order valence-electron chi connectivity index (χ2n) is 7.19. The summed E-state index contributed by atoms with van der Waals surface area (Å²) in [7, 11) is 4.79. The Morgan fingerprint density at radius 1 is 1.04 bits per heavy atom. The van der Waals surface area contributed by atoms with Crippen molar-refractivity contribution in [3.05, 3.63) is 53.1 Å². The third kappa shape index (κ3) is 4.24. The van der Waals surface area contributed by atoms with Crippen molar-refractivity contribution in [1.29, 1.82) is 0 Å². The highest BCUT2D eigenvalue weighted by molar-refractivity contribution is 5.77. The maximum atomic E-state index is 12.9. The van der Waals surface area contributed by atoms with E-state index in [2.05, 4.69) is 31.2 Å². The summed E-state index contributed by atoms with van der Waals surface area (Å²) in [5.41, 5.74) is 3.46. The Balaban J connectivity index is 1.70. The van der Waals surface area contributed by atoms with Crippen LogP contribution in [0.2, 0.25) is 0 Å². The average molecular weight is 383 g/mol. The number of amides is 1. The van der Waals surface area contributed by atoms with E-state index in [4.69, 9.17) is 14.2 Å². The molecule has 2 aromatic carbocycles. The minimum absolute atomic E-state index is 0.188. The monoisotopic (exact) mass is 383 g/mol. The standard InChI is InChI=1S/C23H29NO4/c1-16-7-10-18(11-8-16)19-6-5-13-24(19)22(25)12-9-17-14-20(26-2)23(28-4)21(15-17)27-3/h7-8,10-11,14-15,19H,5-6,9,12-13H2,1-4H3. The molecule has 0 spiro atoms. The molecule has 1 aliphatic rings. The van der Waals surface area contributed by atoms with Crippen molar-refractivity contribution < 1.29 is 19.0 Å². The number of carbonyl (C=O) groups excluding carboxylic acids is 1. The molecule has 0 saturated carbocycles. The second-order valence-corrected chi connectivity index (χ2v) is 7.19. The maximum Gasteiger partial charge on any atom is 0.223 e. The van der Waals surface area contributed by atoms with Gasteiger partial charge in [0.15, 0.2) is 11.5 Å². The lowest BCUT2D eigenvalue weighted by atomic mass is 10.0. The normalized spacial score (nSPS) is 16.1. The molecule has 1 atom stereocenters. The summed E-state index contributed by atoms with van der Waals surface area (Å²) in [5, 5.41) is 0. The smallest absolute Gasteiger partial charge is 0.223 e. The first-order valence-electron chi connectivity index (χ1n) is 9.72. The Morgan fingerprint density at radius 2 is 1.68 bits per heavy atom. The highest BCUT2D eigenvalue weighted by Crippen LogP contribution is 2.39. The Labute approximate surface area is 167 Å². The number of benzene rings is 2. The summed E-state index contributed by atoms with van der Waals surface area (Å²) in [6.07, 6.45) is 3.17. The molecule has 5 nitrogen and oxygen atoms in total. The van der Waals surface area contributed by atoms with Gasteiger partial charge in [0.05, 0.1) is 27.4 Å². The first-order chi connectivity index (χ1) is 13.6. The number of hydrogen-bond donors (Lipinski definition) is 0. The molecule has 0 N–H and O–H groups in total. The van der Waals surface area contributed by atoms with Crippen LogP contribution >= 0.6 is 0 Å². The van der Waals surface area contributed by atoms with E-state index in [9.17, 15) is 4.79 Å². The molecule has 28 heavy (non-hydrogen) atoms. The number of likely N-dealkylation sites (tertiary alicyclic amines) is 1. The molecule has 1 aliphatic heterocycles. The molecule has 0 radical (unpaired) electrons. The van der Waals surface area contributed by atoms with Crippen molar-refractivity contribution in [2.24, 2.45) is 0 Å². The zero-order chi connectivity index (χ0) is 20.1. The summed E-state index contributed by atoms with van der Waals surface area (Å²) >= 11 is 0. The van der Waals surface area contributed by atoms with Gasteiger partial charge in [-0.15, -0.1) is 0 Å². The number of ether oxygens (including phenoxy) is 3. The van der Waals surface area contributed by atoms with E-state index in [1.165, 1.54) is 11.1 Å². The SMILES string of the molecule is COc1cc(CCC(=O)N2CCCC2c2ccc(C)cc2)cc(OC)c1OC. The number of carbonyl (C=O) groups is 1. The molecule has 1 fully saturated rings. The van der Waals surface area contributed by atoms with Gasteiger partial charge in [0.2, 0.25) is 11.7 Å². The van der Waals surface area contributed by atoms with Gasteiger partial charge in [-0.25, -0.2) is 0 Å². The molecule has 3 rings (SSSR count). The van der Waals surface area contributed by atoms with Crippen LogP contribution in [0.25, 0.3) is 0 Å². The first kappa shape index (κ1) is 20.1. The van der Waals surface area contributed by atoms with E-state index >= 15 is 0 Å². The van der Waals surface area contributed by atoms with Crippen LogP contribution in [0.15, 0.2) is 36.4 Å². The molecule has 0 bridgehead atoms. The van der Waals surface area contributed by atoms with Gasteiger partial charge in [0.1, 0.15) is 0 Å². The van der Waals surface area contributed by atoms with Crippen LogP contribution in [0.1, 0.15) is 42.0 Å². The lowest BCUT2D eigenvalue weighted by Crippen LogP contribution is -2.30. The molecule has 1 heterocycles. The molecule has 150 valence electrons. The molecular formula is C23H29NO4.